The summed E-state index contributed by atoms with van der Waals surface area (Å²) in [6.45, 7) is 2.24. The van der Waals surface area contributed by atoms with E-state index in [0.717, 1.165) is 24.0 Å². The average molecular weight is 313 g/mol. The molecule has 2 aromatic heterocycles. The van der Waals surface area contributed by atoms with Crippen LogP contribution in [0.15, 0.2) is 59.0 Å². The third-order valence-electron chi connectivity index (χ3n) is 5.15. The minimum absolute atomic E-state index is 0.963. The van der Waals surface area contributed by atoms with Gasteiger partial charge in [-0.2, -0.15) is 0 Å². The van der Waals surface area contributed by atoms with Crippen molar-refractivity contribution in [2.24, 2.45) is 7.05 Å². The van der Waals surface area contributed by atoms with E-state index < -0.39 is 0 Å². The van der Waals surface area contributed by atoms with E-state index >= 15 is 0 Å². The number of benzene rings is 3. The van der Waals surface area contributed by atoms with Crippen molar-refractivity contribution in [3.63, 3.8) is 0 Å². The molecule has 0 saturated carbocycles. The van der Waals surface area contributed by atoms with E-state index in [4.69, 9.17) is 4.42 Å². The van der Waals surface area contributed by atoms with Crippen LogP contribution in [0.5, 0.6) is 0 Å². The number of furan rings is 1. The molecule has 118 valence electrons. The van der Waals surface area contributed by atoms with Gasteiger partial charge in [0.15, 0.2) is 0 Å². The summed E-state index contributed by atoms with van der Waals surface area (Å²) < 4.78 is 8.60. The van der Waals surface area contributed by atoms with E-state index in [-0.39, 0.29) is 0 Å². The van der Waals surface area contributed by atoms with Gasteiger partial charge in [-0.25, -0.2) is 0 Å². The Morgan fingerprint density at radius 2 is 1.67 bits per heavy atom. The molecule has 0 fully saturated rings. The lowest BCUT2D eigenvalue weighted by Crippen LogP contribution is -1.87. The molecule has 0 aliphatic heterocycles. The molecule has 0 bridgehead atoms. The summed E-state index contributed by atoms with van der Waals surface area (Å²) in [4.78, 5) is 0. The smallest absolute Gasteiger partial charge is 0.145 e. The number of rotatable bonds is 2. The molecule has 5 aromatic rings. The highest BCUT2D eigenvalue weighted by Crippen LogP contribution is 2.40. The van der Waals surface area contributed by atoms with Crippen LogP contribution in [0.1, 0.15) is 18.9 Å². The number of aromatic nitrogens is 1. The standard InChI is InChI=1S/C22H19NO/c1-3-7-14-8-6-10-17-20(14)21-18(23(17)2)13-12-16-15-9-4-5-11-19(15)24-22(16)21/h4-6,8-13H,3,7H2,1-2H3. The van der Waals surface area contributed by atoms with Gasteiger partial charge in [-0.15, -0.1) is 0 Å². The fourth-order valence-electron chi connectivity index (χ4n) is 4.06. The van der Waals surface area contributed by atoms with Gasteiger partial charge in [0.25, 0.3) is 0 Å². The van der Waals surface area contributed by atoms with Gasteiger partial charge in [0.2, 0.25) is 0 Å². The number of nitrogens with zero attached hydrogens (tertiary/aromatic N) is 1. The van der Waals surface area contributed by atoms with Gasteiger partial charge >= 0.3 is 0 Å². The third-order valence-corrected chi connectivity index (χ3v) is 5.15. The Kier molecular flexibility index (Phi) is 2.78. The van der Waals surface area contributed by atoms with Gasteiger partial charge in [0.1, 0.15) is 11.2 Å². The zero-order valence-electron chi connectivity index (χ0n) is 14.0. The first-order valence-corrected chi connectivity index (χ1v) is 8.60. The highest BCUT2D eigenvalue weighted by molar-refractivity contribution is 6.24. The van der Waals surface area contributed by atoms with Crippen molar-refractivity contribution in [1.82, 2.24) is 4.57 Å². The first-order valence-electron chi connectivity index (χ1n) is 8.60. The molecule has 3 aromatic carbocycles. The lowest BCUT2D eigenvalue weighted by atomic mass is 10.0. The molecular weight excluding hydrogens is 294 g/mol. The molecule has 5 rings (SSSR count). The summed E-state index contributed by atoms with van der Waals surface area (Å²) in [5.74, 6) is 0. The summed E-state index contributed by atoms with van der Waals surface area (Å²) in [6, 6.07) is 19.4. The van der Waals surface area contributed by atoms with Crippen molar-refractivity contribution in [3.05, 3.63) is 60.2 Å². The van der Waals surface area contributed by atoms with Gasteiger partial charge in [-0.1, -0.05) is 43.7 Å². The number of hydrogen-bond acceptors (Lipinski definition) is 1. The lowest BCUT2D eigenvalue weighted by Gasteiger charge is -2.02. The first-order chi connectivity index (χ1) is 11.8. The topological polar surface area (TPSA) is 18.1 Å². The van der Waals surface area contributed by atoms with Crippen molar-refractivity contribution < 1.29 is 4.42 Å². The summed E-state index contributed by atoms with van der Waals surface area (Å²) >= 11 is 0. The van der Waals surface area contributed by atoms with Gasteiger partial charge in [0, 0.05) is 28.7 Å². The Balaban J connectivity index is 2.08. The molecule has 0 unspecified atom stereocenters. The quantitative estimate of drug-likeness (QED) is 0.380. The van der Waals surface area contributed by atoms with Crippen molar-refractivity contribution in [1.29, 1.82) is 0 Å². The van der Waals surface area contributed by atoms with Crippen LogP contribution < -0.4 is 0 Å². The number of fused-ring (bicyclic) bond motifs is 7. The summed E-state index contributed by atoms with van der Waals surface area (Å²) in [5, 5.41) is 5.00. The Morgan fingerprint density at radius 3 is 2.54 bits per heavy atom. The van der Waals surface area contributed by atoms with Gasteiger partial charge < -0.3 is 8.98 Å². The van der Waals surface area contributed by atoms with Gasteiger partial charge in [0.05, 0.1) is 10.9 Å². The largest absolute Gasteiger partial charge is 0.455 e. The Morgan fingerprint density at radius 1 is 0.833 bits per heavy atom. The molecule has 0 radical (unpaired) electrons. The zero-order valence-corrected chi connectivity index (χ0v) is 14.0. The van der Waals surface area contributed by atoms with E-state index in [2.05, 4.69) is 67.1 Å². The van der Waals surface area contributed by atoms with Crippen LogP contribution in [0.2, 0.25) is 0 Å². The zero-order chi connectivity index (χ0) is 16.3. The number of aryl methyl sites for hydroxylation is 2. The molecule has 2 nitrogen and oxygen atoms in total. The Labute approximate surface area is 140 Å². The van der Waals surface area contributed by atoms with Crippen molar-refractivity contribution in [3.8, 4) is 0 Å². The SMILES string of the molecule is CCCc1cccc2c1c1c3oc4ccccc4c3ccc1n2C. The molecule has 24 heavy (non-hydrogen) atoms. The van der Waals surface area contributed by atoms with E-state index in [1.807, 2.05) is 6.07 Å². The average Bonchev–Trinajstić information content (AvgIpc) is 3.12. The second-order valence-electron chi connectivity index (χ2n) is 6.55. The summed E-state index contributed by atoms with van der Waals surface area (Å²) in [6.07, 6.45) is 2.23. The Hall–Kier alpha value is -2.74. The monoisotopic (exact) mass is 313 g/mol. The molecule has 0 aliphatic rings. The highest BCUT2D eigenvalue weighted by atomic mass is 16.3. The van der Waals surface area contributed by atoms with Gasteiger partial charge in [-0.05, 0) is 36.2 Å². The molecular formula is C22H19NO. The minimum atomic E-state index is 0.963. The summed E-state index contributed by atoms with van der Waals surface area (Å²) in [7, 11) is 2.15. The molecule has 2 heterocycles. The molecule has 0 spiro atoms. The van der Waals surface area contributed by atoms with Crippen LogP contribution in [0.3, 0.4) is 0 Å². The highest BCUT2D eigenvalue weighted by Gasteiger charge is 2.17. The molecule has 0 aliphatic carbocycles. The van der Waals surface area contributed by atoms with Crippen molar-refractivity contribution in [2.75, 3.05) is 0 Å². The van der Waals surface area contributed by atoms with Crippen LogP contribution in [0, 0.1) is 0 Å². The normalized spacial score (nSPS) is 12.1. The second-order valence-corrected chi connectivity index (χ2v) is 6.55. The molecule has 0 amide bonds. The van der Waals surface area contributed by atoms with Crippen LogP contribution in [0.25, 0.3) is 43.7 Å². The Bertz CT molecular complexity index is 1220. The van der Waals surface area contributed by atoms with Crippen LogP contribution in [-0.4, -0.2) is 4.57 Å². The van der Waals surface area contributed by atoms with E-state index in [9.17, 15) is 0 Å². The summed E-state index contributed by atoms with van der Waals surface area (Å²) in [5.41, 5.74) is 5.91. The van der Waals surface area contributed by atoms with Crippen LogP contribution in [-0.2, 0) is 13.5 Å². The maximum atomic E-state index is 6.31. The fraction of sp³-hybridized carbons (Fsp3) is 0.182. The third kappa shape index (κ3) is 1.66. The van der Waals surface area contributed by atoms with E-state index in [1.165, 1.54) is 38.1 Å². The fourth-order valence-corrected chi connectivity index (χ4v) is 4.06. The first kappa shape index (κ1) is 13.7. The lowest BCUT2D eigenvalue weighted by molar-refractivity contribution is 0.673. The van der Waals surface area contributed by atoms with Crippen molar-refractivity contribution >= 4 is 43.7 Å². The maximum absolute atomic E-state index is 6.31. The minimum Gasteiger partial charge on any atom is -0.455 e. The van der Waals surface area contributed by atoms with E-state index in [0.29, 0.717) is 0 Å². The van der Waals surface area contributed by atoms with Crippen LogP contribution >= 0.6 is 0 Å². The number of para-hydroxylation sites is 1. The van der Waals surface area contributed by atoms with Gasteiger partial charge in [-0.3, -0.25) is 0 Å². The molecule has 2 heteroatoms. The van der Waals surface area contributed by atoms with Crippen molar-refractivity contribution in [2.45, 2.75) is 19.8 Å². The second kappa shape index (κ2) is 4.88. The van der Waals surface area contributed by atoms with Crippen LogP contribution in [0.4, 0.5) is 0 Å². The number of hydrogen-bond donors (Lipinski definition) is 0. The molecule has 0 atom stereocenters. The molecule has 0 N–H and O–H groups in total. The van der Waals surface area contributed by atoms with E-state index in [1.54, 1.807) is 0 Å². The maximum Gasteiger partial charge on any atom is 0.145 e. The predicted octanol–water partition coefficient (Wildman–Crippen LogP) is 6.18. The molecule has 0 saturated heterocycles. The predicted molar refractivity (Wildman–Crippen MR) is 102 cm³/mol.